The third-order valence-electron chi connectivity index (χ3n) is 7.39. The Morgan fingerprint density at radius 3 is 1.15 bits per heavy atom. The summed E-state index contributed by atoms with van der Waals surface area (Å²) in [5.41, 5.74) is 0. The summed E-state index contributed by atoms with van der Waals surface area (Å²) < 4.78 is 0. The molecule has 0 aromatic heterocycles. The first-order valence-corrected chi connectivity index (χ1v) is 15.6. The van der Waals surface area contributed by atoms with Crippen LogP contribution in [0, 0.1) is 23.7 Å². The summed E-state index contributed by atoms with van der Waals surface area (Å²) in [7, 11) is 9.78. The van der Waals surface area contributed by atoms with Crippen LogP contribution in [0.2, 0.25) is 0 Å². The van der Waals surface area contributed by atoms with Crippen molar-refractivity contribution >= 4 is 18.6 Å². The van der Waals surface area contributed by atoms with Gasteiger partial charge < -0.3 is 10.6 Å². The minimum absolute atomic E-state index is 0.521. The van der Waals surface area contributed by atoms with Crippen molar-refractivity contribution in [3.8, 4) is 0 Å². The van der Waals surface area contributed by atoms with Crippen LogP contribution in [-0.2, 0) is 17.0 Å². The second kappa shape index (κ2) is 12.8. The summed E-state index contributed by atoms with van der Waals surface area (Å²) in [5.74, 6) is 3.13. The van der Waals surface area contributed by atoms with Crippen LogP contribution in [0.1, 0.15) is 91.9 Å². The molecular formula is C22H40Cl2N2Ti-2. The molecule has 2 nitrogen and oxygen atoms in total. The van der Waals surface area contributed by atoms with E-state index in [2.05, 4.69) is 27.7 Å². The van der Waals surface area contributed by atoms with Gasteiger partial charge in [0.2, 0.25) is 0 Å². The molecule has 6 unspecified atom stereocenters. The van der Waals surface area contributed by atoms with Gasteiger partial charge in [0, 0.05) is 0 Å². The van der Waals surface area contributed by atoms with Crippen LogP contribution in [0.25, 0.3) is 10.6 Å². The van der Waals surface area contributed by atoms with Gasteiger partial charge in [-0.15, -0.1) is 12.1 Å². The SMILES string of the molecule is CC1CCCC(C)C1[N-]C1CCCCC1[N-]C1C(C)CCCC1C.[Cl][Ti][Cl]. The van der Waals surface area contributed by atoms with E-state index in [4.69, 9.17) is 29.2 Å². The van der Waals surface area contributed by atoms with Crippen LogP contribution >= 0.6 is 18.6 Å². The molecule has 3 rings (SSSR count). The molecule has 158 valence electrons. The second-order valence-electron chi connectivity index (χ2n) is 9.54. The molecular weight excluding hydrogens is 411 g/mol. The van der Waals surface area contributed by atoms with Crippen LogP contribution in [0.5, 0.6) is 0 Å². The maximum atomic E-state index is 5.46. The zero-order valence-electron chi connectivity index (χ0n) is 17.8. The van der Waals surface area contributed by atoms with Gasteiger partial charge in [0.1, 0.15) is 0 Å². The fraction of sp³-hybridized carbons (Fsp3) is 1.00. The van der Waals surface area contributed by atoms with E-state index in [-0.39, 0.29) is 0 Å². The average Bonchev–Trinajstić information content (AvgIpc) is 2.63. The summed E-state index contributed by atoms with van der Waals surface area (Å²) in [6, 6.07) is 2.24. The van der Waals surface area contributed by atoms with Crippen LogP contribution in [0.15, 0.2) is 0 Å². The molecule has 0 aromatic carbocycles. The predicted molar refractivity (Wildman–Crippen MR) is 116 cm³/mol. The molecule has 0 amide bonds. The van der Waals surface area contributed by atoms with Crippen LogP contribution < -0.4 is 0 Å². The first-order valence-electron chi connectivity index (χ1n) is 11.3. The van der Waals surface area contributed by atoms with E-state index < -0.39 is 17.0 Å². The Balaban J connectivity index is 0.000000817. The number of rotatable bonds is 4. The quantitative estimate of drug-likeness (QED) is 0.387. The zero-order valence-corrected chi connectivity index (χ0v) is 20.9. The number of nitrogens with zero attached hydrogens (tertiary/aromatic N) is 2. The van der Waals surface area contributed by atoms with Crippen LogP contribution in [0.4, 0.5) is 0 Å². The van der Waals surface area contributed by atoms with Gasteiger partial charge in [-0.1, -0.05) is 116 Å². The molecule has 0 aromatic rings. The first kappa shape index (κ1) is 24.5. The van der Waals surface area contributed by atoms with Gasteiger partial charge in [-0.3, -0.25) is 0 Å². The predicted octanol–water partition coefficient (Wildman–Crippen LogP) is 8.07. The fourth-order valence-electron chi connectivity index (χ4n) is 5.80. The molecule has 0 bridgehead atoms. The molecule has 0 spiro atoms. The van der Waals surface area contributed by atoms with Gasteiger partial charge in [0.05, 0.1) is 0 Å². The fourth-order valence-corrected chi connectivity index (χ4v) is 5.80. The number of hydrogen-bond acceptors (Lipinski definition) is 0. The Kier molecular flexibility index (Phi) is 11.6. The van der Waals surface area contributed by atoms with E-state index in [9.17, 15) is 0 Å². The van der Waals surface area contributed by atoms with E-state index in [1.165, 1.54) is 64.2 Å². The summed E-state index contributed by atoms with van der Waals surface area (Å²) >= 11 is -0.556. The van der Waals surface area contributed by atoms with Gasteiger partial charge in [0.15, 0.2) is 0 Å². The van der Waals surface area contributed by atoms with E-state index in [0.717, 1.165) is 23.7 Å². The van der Waals surface area contributed by atoms with Gasteiger partial charge >= 0.3 is 35.6 Å². The zero-order chi connectivity index (χ0) is 19.8. The van der Waals surface area contributed by atoms with E-state index in [0.29, 0.717) is 24.2 Å². The molecule has 3 aliphatic rings. The molecule has 0 heterocycles. The van der Waals surface area contributed by atoms with Gasteiger partial charge in [-0.05, 0) is 0 Å². The topological polar surface area (TPSA) is 28.2 Å². The van der Waals surface area contributed by atoms with Crippen molar-refractivity contribution in [2.45, 2.75) is 116 Å². The van der Waals surface area contributed by atoms with Gasteiger partial charge in [-0.2, -0.15) is 12.1 Å². The Morgan fingerprint density at radius 1 is 0.556 bits per heavy atom. The minimum atomic E-state index is -0.556. The summed E-state index contributed by atoms with van der Waals surface area (Å²) in [4.78, 5) is 0. The normalized spacial score (nSPS) is 42.7. The third-order valence-corrected chi connectivity index (χ3v) is 7.39. The average molecular weight is 451 g/mol. The van der Waals surface area contributed by atoms with Crippen molar-refractivity contribution in [1.29, 1.82) is 0 Å². The molecule has 3 fully saturated rings. The number of halogens is 2. The van der Waals surface area contributed by atoms with Gasteiger partial charge in [-0.25, -0.2) is 0 Å². The molecule has 6 atom stereocenters. The standard InChI is InChI=1S/C22H40N2.2ClH.Ti/c1-15-9-7-10-16(2)21(15)23-19-13-5-6-14-20(19)24-22-17(3)11-8-12-18(22)4;;;/h15-22H,5-14H2,1-4H3;2*1H;/q-2;;;+2/p-2. The molecule has 3 saturated carbocycles. The first-order chi connectivity index (χ1) is 13.0. The Morgan fingerprint density at radius 2 is 0.852 bits per heavy atom. The van der Waals surface area contributed by atoms with E-state index >= 15 is 0 Å². The van der Waals surface area contributed by atoms with Crippen molar-refractivity contribution in [2.75, 3.05) is 0 Å². The third kappa shape index (κ3) is 7.44. The maximum absolute atomic E-state index is 5.46. The summed E-state index contributed by atoms with van der Waals surface area (Å²) in [6.45, 7) is 9.74. The van der Waals surface area contributed by atoms with Crippen molar-refractivity contribution < 1.29 is 17.0 Å². The summed E-state index contributed by atoms with van der Waals surface area (Å²) in [6.07, 6.45) is 13.6. The Labute approximate surface area is 185 Å². The summed E-state index contributed by atoms with van der Waals surface area (Å²) in [5, 5.41) is 10.9. The number of hydrogen-bond donors (Lipinski definition) is 0. The van der Waals surface area contributed by atoms with E-state index in [1.54, 1.807) is 0 Å². The van der Waals surface area contributed by atoms with Gasteiger partial charge in [0.25, 0.3) is 0 Å². The van der Waals surface area contributed by atoms with Crippen LogP contribution in [-0.4, -0.2) is 24.2 Å². The molecule has 27 heavy (non-hydrogen) atoms. The molecule has 0 aliphatic heterocycles. The Bertz CT molecular complexity index is 356. The Hall–Kier alpha value is 1.21. The van der Waals surface area contributed by atoms with Crippen molar-refractivity contribution in [3.63, 3.8) is 0 Å². The molecule has 5 heteroatoms. The van der Waals surface area contributed by atoms with Crippen molar-refractivity contribution in [1.82, 2.24) is 0 Å². The van der Waals surface area contributed by atoms with Crippen molar-refractivity contribution in [3.05, 3.63) is 10.6 Å². The molecule has 0 N–H and O–H groups in total. The monoisotopic (exact) mass is 450 g/mol. The van der Waals surface area contributed by atoms with Crippen LogP contribution in [0.3, 0.4) is 0 Å². The van der Waals surface area contributed by atoms with Crippen molar-refractivity contribution in [2.24, 2.45) is 23.7 Å². The second-order valence-corrected chi connectivity index (χ2v) is 12.1. The molecule has 3 aliphatic carbocycles. The van der Waals surface area contributed by atoms with E-state index in [1.807, 2.05) is 0 Å². The molecule has 0 radical (unpaired) electrons. The molecule has 0 saturated heterocycles.